The molecule has 0 radical (unpaired) electrons. The number of piperidine rings is 1. The SMILES string of the molecule is CC(C)C[C@H]1CC(=O)NC[C@@H]([C@@H](C)O)CC(=O)CC[C@@H](CC(C)C)C(=O)NCC(=O)N(C)[C@@H](Cc2ccccc2)C(=O)N[C@H](C(=O)N2CCCCC2)CC(=O)N(C)[C@@H](C)C(=O)CC[C@@H](Cc2ccccc2)CC(=O)N[C@@H](Cc2ccccc2)CN(C)C[C@@H](CC(C)C)C(=O)N1. The first-order valence-corrected chi connectivity index (χ1v) is 34.9. The molecule has 2 heterocycles. The van der Waals surface area contributed by atoms with E-state index in [0.717, 1.165) is 30.4 Å². The number of amides is 8. The Balaban J connectivity index is 1.49. The average Bonchev–Trinajstić information content (AvgIpc) is 1.11. The van der Waals surface area contributed by atoms with E-state index in [2.05, 4.69) is 45.3 Å². The van der Waals surface area contributed by atoms with Crippen LogP contribution in [0.4, 0.5) is 0 Å². The minimum Gasteiger partial charge on any atom is -0.393 e. The van der Waals surface area contributed by atoms with Crippen molar-refractivity contribution in [3.63, 3.8) is 0 Å². The lowest BCUT2D eigenvalue weighted by atomic mass is 9.89. The molecule has 0 spiro atoms. The Morgan fingerprint density at radius 3 is 1.68 bits per heavy atom. The van der Waals surface area contributed by atoms with E-state index in [1.165, 1.54) is 23.9 Å². The van der Waals surface area contributed by atoms with Crippen molar-refractivity contribution in [3.8, 4) is 0 Å². The average molecular weight is 1320 g/mol. The zero-order chi connectivity index (χ0) is 69.7. The zero-order valence-electron chi connectivity index (χ0n) is 58.7. The first-order valence-electron chi connectivity index (χ1n) is 34.9. The van der Waals surface area contributed by atoms with Crippen LogP contribution in [0.2, 0.25) is 0 Å². The molecule has 0 aliphatic carbocycles. The second kappa shape index (κ2) is 40.3. The maximum Gasteiger partial charge on any atom is 0.245 e. The first-order chi connectivity index (χ1) is 45.1. The Labute approximate surface area is 566 Å². The number of likely N-dealkylation sites (tertiary alicyclic amines) is 1. The van der Waals surface area contributed by atoms with Crippen molar-refractivity contribution in [3.05, 3.63) is 108 Å². The van der Waals surface area contributed by atoms with E-state index in [9.17, 15) is 53.1 Å². The summed E-state index contributed by atoms with van der Waals surface area (Å²) in [5.41, 5.74) is 2.71. The van der Waals surface area contributed by atoms with Gasteiger partial charge in [-0.15, -0.1) is 0 Å². The van der Waals surface area contributed by atoms with Gasteiger partial charge in [-0.2, -0.15) is 0 Å². The summed E-state index contributed by atoms with van der Waals surface area (Å²) in [7, 11) is 4.89. The fourth-order valence-electron chi connectivity index (χ4n) is 13.1. The van der Waals surface area contributed by atoms with Gasteiger partial charge >= 0.3 is 0 Å². The smallest absolute Gasteiger partial charge is 0.245 e. The van der Waals surface area contributed by atoms with E-state index in [-0.39, 0.29) is 110 Å². The van der Waals surface area contributed by atoms with E-state index in [1.807, 2.05) is 114 Å². The Morgan fingerprint density at radius 1 is 0.537 bits per heavy atom. The molecule has 0 saturated carbocycles. The number of nitrogens with one attached hydrogen (secondary N) is 5. The molecule has 20 heteroatoms. The molecule has 8 amide bonds. The lowest BCUT2D eigenvalue weighted by molar-refractivity contribution is -0.145. The van der Waals surface area contributed by atoms with Crippen LogP contribution in [0.5, 0.6) is 0 Å². The molecule has 524 valence electrons. The number of carbonyl (C=O) groups is 10. The normalized spacial score (nSPS) is 25.3. The second-order valence-corrected chi connectivity index (χ2v) is 28.5. The van der Waals surface area contributed by atoms with Gasteiger partial charge in [-0.1, -0.05) is 133 Å². The second-order valence-electron chi connectivity index (χ2n) is 28.5. The van der Waals surface area contributed by atoms with Gasteiger partial charge in [0.2, 0.25) is 47.3 Å². The molecule has 6 N–H and O–H groups in total. The molecule has 0 aromatic heterocycles. The maximum atomic E-state index is 14.8. The van der Waals surface area contributed by atoms with E-state index in [1.54, 1.807) is 30.9 Å². The van der Waals surface area contributed by atoms with E-state index in [0.29, 0.717) is 70.3 Å². The fraction of sp³-hybridized carbons (Fsp3) is 0.627. The molecule has 2 fully saturated rings. The molecule has 0 unspecified atom stereocenters. The van der Waals surface area contributed by atoms with Crippen molar-refractivity contribution in [1.82, 2.24) is 46.2 Å². The monoisotopic (exact) mass is 1320 g/mol. The van der Waals surface area contributed by atoms with Gasteiger partial charge in [0.05, 0.1) is 31.0 Å². The summed E-state index contributed by atoms with van der Waals surface area (Å²) in [6.45, 7) is 16.4. The zero-order valence-corrected chi connectivity index (χ0v) is 58.7. The molecule has 20 nitrogen and oxygen atoms in total. The van der Waals surface area contributed by atoms with Crippen LogP contribution in [0, 0.1) is 41.4 Å². The van der Waals surface area contributed by atoms with Gasteiger partial charge in [-0.25, -0.2) is 0 Å². The number of aliphatic hydroxyl groups excluding tert-OH is 1. The third-order valence-electron chi connectivity index (χ3n) is 18.6. The van der Waals surface area contributed by atoms with Crippen LogP contribution in [-0.2, 0) is 67.2 Å². The highest BCUT2D eigenvalue weighted by molar-refractivity contribution is 5.96. The molecule has 0 bridgehead atoms. The molecular weight excluding hydrogens is 1200 g/mol. The van der Waals surface area contributed by atoms with E-state index in [4.69, 9.17) is 0 Å². The molecule has 5 rings (SSSR count). The quantitative estimate of drug-likeness (QED) is 0.0931. The number of benzene rings is 3. The Kier molecular flexibility index (Phi) is 33.2. The van der Waals surface area contributed by atoms with Gasteiger partial charge in [-0.3, -0.25) is 47.9 Å². The number of Topliss-reactive ketones (excluding diaryl/α,β-unsaturated/α-hetero) is 2. The summed E-state index contributed by atoms with van der Waals surface area (Å²) in [5, 5.41) is 26.1. The molecular formula is C75H113N9O11. The molecule has 2 aliphatic rings. The number of likely N-dealkylation sites (N-methyl/N-ethyl adjacent to an activating group) is 3. The molecule has 2 aliphatic heterocycles. The van der Waals surface area contributed by atoms with Crippen LogP contribution in [0.15, 0.2) is 91.0 Å². The van der Waals surface area contributed by atoms with Crippen LogP contribution < -0.4 is 26.6 Å². The van der Waals surface area contributed by atoms with E-state index < -0.39 is 90.5 Å². The van der Waals surface area contributed by atoms with Crippen LogP contribution in [0.25, 0.3) is 0 Å². The van der Waals surface area contributed by atoms with Crippen molar-refractivity contribution in [2.45, 2.75) is 201 Å². The van der Waals surface area contributed by atoms with Gasteiger partial charge in [0.1, 0.15) is 17.9 Å². The van der Waals surface area contributed by atoms with Gasteiger partial charge in [0.15, 0.2) is 5.78 Å². The molecule has 10 atom stereocenters. The van der Waals surface area contributed by atoms with Crippen molar-refractivity contribution in [1.29, 1.82) is 0 Å². The minimum absolute atomic E-state index is 0.00161. The Bertz CT molecular complexity index is 2920. The van der Waals surface area contributed by atoms with Crippen LogP contribution >= 0.6 is 0 Å². The highest BCUT2D eigenvalue weighted by Gasteiger charge is 2.37. The number of hydrogen-bond donors (Lipinski definition) is 6. The number of aliphatic hydroxyl groups is 1. The predicted molar refractivity (Wildman–Crippen MR) is 370 cm³/mol. The highest BCUT2D eigenvalue weighted by atomic mass is 16.3. The number of hydrogen-bond acceptors (Lipinski definition) is 12. The summed E-state index contributed by atoms with van der Waals surface area (Å²) in [6.07, 6.45) is 3.97. The summed E-state index contributed by atoms with van der Waals surface area (Å²) in [6, 6.07) is 24.3. The Morgan fingerprint density at radius 2 is 1.11 bits per heavy atom. The third kappa shape index (κ3) is 28.1. The largest absolute Gasteiger partial charge is 0.393 e. The number of nitrogens with zero attached hydrogens (tertiary/aromatic N) is 4. The molecule has 2 saturated heterocycles. The van der Waals surface area contributed by atoms with Gasteiger partial charge < -0.3 is 51.3 Å². The number of carbonyl (C=O) groups excluding carboxylic acids is 10. The lowest BCUT2D eigenvalue weighted by Gasteiger charge is -2.34. The minimum atomic E-state index is -1.36. The summed E-state index contributed by atoms with van der Waals surface area (Å²) >= 11 is 0. The van der Waals surface area contributed by atoms with Gasteiger partial charge in [0.25, 0.3) is 0 Å². The first kappa shape index (κ1) is 78.4. The standard InChI is InChI=1S/C75H113N9O11/c1-50(2)36-59-31-32-64(86)43-60(54(8)85)46-76-68(88)44-62(38-52(5)6)79-73(93)61(37-51(3)4)48-81(9)49-63(40-56-26-18-13-19-27-56)78-69(89)42-58(39-55-24-16-12-17-25-55)30-33-67(87)53(7)82(10)70(90)45-65(75(95)84-34-22-15-23-35-84)80-74(94)66(41-57-28-20-14-21-29-57)83(11)71(91)47-77-72(59)92/h12-14,16-21,24-29,50-54,58-63,65-66,85H,15,22-23,30-49H2,1-11H3,(H,76,88)(H,77,92)(H,78,89)(H,79,93)(H,80,94)/t53-,54+,58-,59-,60-,61+,62-,63-,65-,66-/m0/s1. The molecule has 3 aromatic carbocycles. The predicted octanol–water partition coefficient (Wildman–Crippen LogP) is 7.28. The van der Waals surface area contributed by atoms with Gasteiger partial charge in [-0.05, 0) is 125 Å². The molecule has 3 aromatic rings. The van der Waals surface area contributed by atoms with Crippen molar-refractivity contribution in [2.24, 2.45) is 41.4 Å². The topological polar surface area (TPSA) is 264 Å². The summed E-state index contributed by atoms with van der Waals surface area (Å²) in [4.78, 5) is 149. The highest BCUT2D eigenvalue weighted by Crippen LogP contribution is 2.24. The van der Waals surface area contributed by atoms with Crippen LogP contribution in [0.1, 0.15) is 162 Å². The van der Waals surface area contributed by atoms with Crippen molar-refractivity contribution >= 4 is 58.8 Å². The number of rotatable bonds is 14. The van der Waals surface area contributed by atoms with Crippen molar-refractivity contribution < 1.29 is 53.1 Å². The number of ketones is 2. The van der Waals surface area contributed by atoms with E-state index >= 15 is 0 Å². The van der Waals surface area contributed by atoms with Crippen LogP contribution in [-0.4, -0.2) is 180 Å². The third-order valence-corrected chi connectivity index (χ3v) is 18.6. The van der Waals surface area contributed by atoms with Gasteiger partial charge in [0, 0.05) is 109 Å². The van der Waals surface area contributed by atoms with Crippen LogP contribution in [0.3, 0.4) is 0 Å². The Hall–Kier alpha value is -7.32. The lowest BCUT2D eigenvalue weighted by Crippen LogP contribution is -2.58. The summed E-state index contributed by atoms with van der Waals surface area (Å²) < 4.78 is 0. The molecule has 95 heavy (non-hydrogen) atoms. The summed E-state index contributed by atoms with van der Waals surface area (Å²) in [5.74, 6) is -5.71. The van der Waals surface area contributed by atoms with Crippen molar-refractivity contribution in [2.75, 3.05) is 60.4 Å². The fourth-order valence-corrected chi connectivity index (χ4v) is 13.1. The maximum absolute atomic E-state index is 14.8.